The van der Waals surface area contributed by atoms with Crippen molar-refractivity contribution in [1.29, 1.82) is 0 Å². The Balaban J connectivity index is 1.47. The van der Waals surface area contributed by atoms with Gasteiger partial charge in [-0.3, -0.25) is 10.1 Å². The first-order valence-electron chi connectivity index (χ1n) is 8.15. The maximum atomic E-state index is 10.7. The fraction of sp³-hybridized carbons (Fsp3) is 0.0526. The minimum Gasteiger partial charge on any atom is -0.484 e. The minimum atomic E-state index is -0.472. The van der Waals surface area contributed by atoms with Gasteiger partial charge in [0.05, 0.1) is 9.95 Å². The molecule has 2 heterocycles. The normalized spacial score (nSPS) is 10.8. The van der Waals surface area contributed by atoms with Crippen molar-refractivity contribution in [1.82, 2.24) is 10.1 Å². The molecule has 4 aromatic rings. The second-order valence-corrected chi connectivity index (χ2v) is 6.12. The van der Waals surface area contributed by atoms with Crippen molar-refractivity contribution in [2.45, 2.75) is 6.61 Å². The largest absolute Gasteiger partial charge is 0.484 e. The van der Waals surface area contributed by atoms with Gasteiger partial charge in [0.2, 0.25) is 5.82 Å². The summed E-state index contributed by atoms with van der Waals surface area (Å²) in [5.74, 6) is 2.00. The average molecular weight is 398 g/mol. The average Bonchev–Trinajstić information content (AvgIpc) is 3.37. The van der Waals surface area contributed by atoms with E-state index < -0.39 is 4.92 Å². The highest BCUT2D eigenvalue weighted by molar-refractivity contribution is 6.32. The third kappa shape index (κ3) is 3.72. The number of hydrogen-bond donors (Lipinski definition) is 0. The molecule has 0 saturated heterocycles. The van der Waals surface area contributed by atoms with E-state index in [4.69, 9.17) is 25.3 Å². The summed E-state index contributed by atoms with van der Waals surface area (Å²) in [5, 5.41) is 15.1. The number of hydrogen-bond acceptors (Lipinski definition) is 7. The monoisotopic (exact) mass is 397 g/mol. The summed E-state index contributed by atoms with van der Waals surface area (Å²) in [4.78, 5) is 14.5. The Hall–Kier alpha value is -3.65. The molecule has 0 N–H and O–H groups in total. The number of para-hydroxylation sites is 1. The van der Waals surface area contributed by atoms with Gasteiger partial charge in [-0.15, -0.1) is 0 Å². The van der Waals surface area contributed by atoms with E-state index in [2.05, 4.69) is 10.1 Å². The van der Waals surface area contributed by atoms with Gasteiger partial charge in [0.25, 0.3) is 11.6 Å². The third-order valence-corrected chi connectivity index (χ3v) is 4.15. The van der Waals surface area contributed by atoms with Crippen molar-refractivity contribution in [3.05, 3.63) is 81.6 Å². The van der Waals surface area contributed by atoms with Crippen LogP contribution in [-0.2, 0) is 6.61 Å². The van der Waals surface area contributed by atoms with Crippen molar-refractivity contribution in [2.75, 3.05) is 0 Å². The lowest BCUT2D eigenvalue weighted by Crippen LogP contribution is -1.93. The molecule has 28 heavy (non-hydrogen) atoms. The summed E-state index contributed by atoms with van der Waals surface area (Å²) < 4.78 is 16.5. The van der Waals surface area contributed by atoms with E-state index in [1.54, 1.807) is 36.4 Å². The Morgan fingerprint density at radius 3 is 2.61 bits per heavy atom. The van der Waals surface area contributed by atoms with Crippen molar-refractivity contribution >= 4 is 17.3 Å². The van der Waals surface area contributed by atoms with Crippen LogP contribution in [0.2, 0.25) is 5.02 Å². The van der Waals surface area contributed by atoms with E-state index in [9.17, 15) is 10.1 Å². The van der Waals surface area contributed by atoms with Crippen molar-refractivity contribution in [3.63, 3.8) is 0 Å². The van der Waals surface area contributed by atoms with Gasteiger partial charge in [0, 0.05) is 17.7 Å². The zero-order valence-corrected chi connectivity index (χ0v) is 15.0. The summed E-state index contributed by atoms with van der Waals surface area (Å²) in [6.45, 7) is 0.188. The number of ether oxygens (including phenoxy) is 1. The number of aromatic nitrogens is 2. The smallest absolute Gasteiger partial charge is 0.293 e. The maximum Gasteiger partial charge on any atom is 0.293 e. The highest BCUT2D eigenvalue weighted by atomic mass is 35.5. The van der Waals surface area contributed by atoms with Crippen LogP contribution in [-0.4, -0.2) is 15.1 Å². The Bertz CT molecular complexity index is 1120. The van der Waals surface area contributed by atoms with Crippen LogP contribution in [0.1, 0.15) is 5.76 Å². The first kappa shape index (κ1) is 17.7. The number of non-ortho nitro benzene ring substituents is 1. The van der Waals surface area contributed by atoms with E-state index in [0.29, 0.717) is 33.7 Å². The highest BCUT2D eigenvalue weighted by Crippen LogP contribution is 2.27. The van der Waals surface area contributed by atoms with Crippen molar-refractivity contribution in [2.24, 2.45) is 0 Å². The second-order valence-electron chi connectivity index (χ2n) is 5.71. The molecule has 0 aliphatic carbocycles. The van der Waals surface area contributed by atoms with Crippen LogP contribution in [0.5, 0.6) is 5.75 Å². The Morgan fingerprint density at radius 1 is 1.07 bits per heavy atom. The number of halogens is 1. The molecule has 4 rings (SSSR count). The number of benzene rings is 2. The quantitative estimate of drug-likeness (QED) is 0.327. The summed E-state index contributed by atoms with van der Waals surface area (Å²) in [6, 6.07) is 16.4. The van der Waals surface area contributed by atoms with Crippen LogP contribution in [0.4, 0.5) is 5.69 Å². The van der Waals surface area contributed by atoms with Gasteiger partial charge < -0.3 is 13.7 Å². The van der Waals surface area contributed by atoms with E-state index in [-0.39, 0.29) is 18.2 Å². The van der Waals surface area contributed by atoms with Crippen molar-refractivity contribution in [3.8, 4) is 28.8 Å². The van der Waals surface area contributed by atoms with Crippen LogP contribution in [0, 0.1) is 10.1 Å². The van der Waals surface area contributed by atoms with Crippen LogP contribution >= 0.6 is 11.6 Å². The molecule has 0 unspecified atom stereocenters. The van der Waals surface area contributed by atoms with E-state index in [1.165, 1.54) is 12.1 Å². The van der Waals surface area contributed by atoms with Crippen LogP contribution in [0.25, 0.3) is 23.0 Å². The van der Waals surface area contributed by atoms with Gasteiger partial charge in [-0.1, -0.05) is 28.9 Å². The lowest BCUT2D eigenvalue weighted by Gasteiger charge is -2.05. The predicted molar refractivity (Wildman–Crippen MR) is 99.9 cm³/mol. The lowest BCUT2D eigenvalue weighted by molar-refractivity contribution is -0.384. The summed E-state index contributed by atoms with van der Waals surface area (Å²) in [5.41, 5.74) is 0.580. The molecule has 9 heteroatoms. The number of rotatable bonds is 6. The van der Waals surface area contributed by atoms with Gasteiger partial charge in [-0.05, 0) is 36.4 Å². The SMILES string of the molecule is O=[N+]([O-])c1ccc(-c2noc(-c3ccc(COc4ccccc4Cl)o3)n2)cc1. The molecular formula is C19H12ClN3O5. The first-order valence-corrected chi connectivity index (χ1v) is 8.53. The minimum absolute atomic E-state index is 0.0123. The molecular weight excluding hydrogens is 386 g/mol. The summed E-state index contributed by atoms with van der Waals surface area (Å²) >= 11 is 6.05. The van der Waals surface area contributed by atoms with Gasteiger partial charge in [0.1, 0.15) is 18.1 Å². The molecule has 0 saturated carbocycles. The Morgan fingerprint density at radius 2 is 1.86 bits per heavy atom. The maximum absolute atomic E-state index is 10.7. The fourth-order valence-electron chi connectivity index (χ4n) is 2.45. The number of nitro benzene ring substituents is 1. The molecule has 0 fully saturated rings. The fourth-order valence-corrected chi connectivity index (χ4v) is 2.64. The van der Waals surface area contributed by atoms with Gasteiger partial charge in [-0.25, -0.2) is 0 Å². The predicted octanol–water partition coefficient (Wildman–Crippen LogP) is 5.14. The molecule has 8 nitrogen and oxygen atoms in total. The number of nitro groups is 1. The molecule has 2 aromatic carbocycles. The summed E-state index contributed by atoms with van der Waals surface area (Å²) in [7, 11) is 0. The van der Waals surface area contributed by atoms with Crippen LogP contribution in [0.3, 0.4) is 0 Å². The van der Waals surface area contributed by atoms with E-state index in [0.717, 1.165) is 0 Å². The molecule has 0 amide bonds. The Kier molecular flexibility index (Phi) is 4.77. The Labute approximate surface area is 163 Å². The van der Waals surface area contributed by atoms with E-state index >= 15 is 0 Å². The zero-order valence-electron chi connectivity index (χ0n) is 14.2. The molecule has 140 valence electrons. The molecule has 0 aliphatic rings. The van der Waals surface area contributed by atoms with Gasteiger partial charge in [-0.2, -0.15) is 4.98 Å². The van der Waals surface area contributed by atoms with Gasteiger partial charge >= 0.3 is 0 Å². The number of furan rings is 1. The topological polar surface area (TPSA) is 104 Å². The summed E-state index contributed by atoms with van der Waals surface area (Å²) in [6.07, 6.45) is 0. The lowest BCUT2D eigenvalue weighted by atomic mass is 10.2. The number of nitrogens with zero attached hydrogens (tertiary/aromatic N) is 3. The molecule has 0 aliphatic heterocycles. The van der Waals surface area contributed by atoms with Crippen LogP contribution < -0.4 is 4.74 Å². The van der Waals surface area contributed by atoms with Crippen LogP contribution in [0.15, 0.2) is 69.6 Å². The first-order chi connectivity index (χ1) is 13.6. The van der Waals surface area contributed by atoms with E-state index in [1.807, 2.05) is 12.1 Å². The standard InChI is InChI=1S/C19H12ClN3O5/c20-15-3-1-2-4-16(15)26-11-14-9-10-17(27-14)19-21-18(22-28-19)12-5-7-13(8-6-12)23(24)25/h1-10H,11H2. The third-order valence-electron chi connectivity index (χ3n) is 3.84. The zero-order chi connectivity index (χ0) is 19.5. The highest BCUT2D eigenvalue weighted by Gasteiger charge is 2.15. The molecule has 0 radical (unpaired) electrons. The molecule has 0 spiro atoms. The van der Waals surface area contributed by atoms with Crippen molar-refractivity contribution < 1.29 is 18.6 Å². The molecule has 0 atom stereocenters. The van der Waals surface area contributed by atoms with Gasteiger partial charge in [0.15, 0.2) is 5.76 Å². The molecule has 0 bridgehead atoms. The second kappa shape index (κ2) is 7.53. The molecule has 2 aromatic heterocycles.